The van der Waals surface area contributed by atoms with Crippen molar-refractivity contribution >= 4 is 65.1 Å². The van der Waals surface area contributed by atoms with Gasteiger partial charge in [-0.1, -0.05) is 36.4 Å². The molecule has 15 heteroatoms. The minimum atomic E-state index is -0.840. The minimum Gasteiger partial charge on any atom is -0.386 e. The number of hydrogen-bond donors (Lipinski definition) is 1. The van der Waals surface area contributed by atoms with Crippen LogP contribution in [0.4, 0.5) is 17.6 Å². The second-order valence-corrected chi connectivity index (χ2v) is 11.7. The van der Waals surface area contributed by atoms with Crippen molar-refractivity contribution in [2.75, 3.05) is 15.5 Å². The third-order valence-electron chi connectivity index (χ3n) is 8.92. The van der Waals surface area contributed by atoms with Crippen LogP contribution in [0.5, 0.6) is 0 Å². The third kappa shape index (κ3) is 4.05. The summed E-state index contributed by atoms with van der Waals surface area (Å²) in [5.74, 6) is -7.55. The van der Waals surface area contributed by atoms with Gasteiger partial charge in [-0.15, -0.1) is 0 Å². The number of amides is 4. The number of anilines is 3. The van der Waals surface area contributed by atoms with Crippen LogP contribution in [0.2, 0.25) is 0 Å². The number of esters is 4. The first-order valence-electron chi connectivity index (χ1n) is 15.0. The first kappa shape index (κ1) is 29.5. The van der Waals surface area contributed by atoms with E-state index in [2.05, 4.69) is 9.97 Å². The average molecular weight is 678 g/mol. The summed E-state index contributed by atoms with van der Waals surface area (Å²) in [5, 5.41) is 0. The number of cyclic esters (lactones) is 4. The molecule has 0 atom stereocenters. The fraction of sp³-hybridized carbons (Fsp3) is 0. The van der Waals surface area contributed by atoms with Gasteiger partial charge in [0.15, 0.2) is 11.6 Å². The van der Waals surface area contributed by atoms with Crippen molar-refractivity contribution < 1.29 is 47.8 Å². The van der Waals surface area contributed by atoms with E-state index in [-0.39, 0.29) is 56.1 Å². The quantitative estimate of drug-likeness (QED) is 0.164. The molecule has 0 radical (unpaired) electrons. The lowest BCUT2D eigenvalue weighted by atomic mass is 9.94. The van der Waals surface area contributed by atoms with Gasteiger partial charge in [0.05, 0.1) is 44.5 Å². The second kappa shape index (κ2) is 10.2. The molecule has 2 N–H and O–H groups in total. The molecular formula is C36H15N5O10. The molecular weight excluding hydrogens is 662 g/mol. The van der Waals surface area contributed by atoms with Gasteiger partial charge in [0.1, 0.15) is 0 Å². The number of aromatic nitrogens is 2. The molecule has 0 spiro atoms. The standard InChI is InChI=1S/C36H15N5O10/c37-36-38-24(40-28(42)18-9-7-14(11-22(18)30(40)44)16-3-1-5-20-26(16)34(48)50-32(20)46)13-25(39-36)41-29(43)19-10-8-15(12-23(19)31(41)45)17-4-2-6-21-27(17)35(49)51-33(21)47/h1-13H,(H2,37,38,39). The Balaban J connectivity index is 1.06. The van der Waals surface area contributed by atoms with Crippen LogP contribution in [-0.2, 0) is 9.47 Å². The lowest BCUT2D eigenvalue weighted by Gasteiger charge is -2.17. The monoisotopic (exact) mass is 677 g/mol. The zero-order chi connectivity index (χ0) is 35.5. The smallest absolute Gasteiger partial charge is 0.347 e. The SMILES string of the molecule is Nc1nc(N2C(=O)c3ccc(-c4cccc5c4C(=O)OC5=O)cc3C2=O)cc(N2C(=O)c3ccc(-c4cccc5c4C(=O)OC5=O)cc3C2=O)n1. The Hall–Kier alpha value is -7.68. The first-order chi connectivity index (χ1) is 24.5. The molecule has 9 rings (SSSR count). The van der Waals surface area contributed by atoms with E-state index in [9.17, 15) is 38.4 Å². The van der Waals surface area contributed by atoms with Crippen LogP contribution >= 0.6 is 0 Å². The Kier molecular flexibility index (Phi) is 5.87. The predicted molar refractivity (Wildman–Crippen MR) is 172 cm³/mol. The van der Waals surface area contributed by atoms with E-state index >= 15 is 0 Å². The van der Waals surface area contributed by atoms with E-state index in [1.54, 1.807) is 24.3 Å². The Morgan fingerprint density at radius 2 is 0.824 bits per heavy atom. The van der Waals surface area contributed by atoms with Crippen molar-refractivity contribution in [1.29, 1.82) is 0 Å². The van der Waals surface area contributed by atoms with Crippen LogP contribution in [0.25, 0.3) is 22.3 Å². The van der Waals surface area contributed by atoms with Crippen LogP contribution in [0.3, 0.4) is 0 Å². The highest BCUT2D eigenvalue weighted by Gasteiger charge is 2.42. The van der Waals surface area contributed by atoms with Crippen LogP contribution < -0.4 is 15.5 Å². The van der Waals surface area contributed by atoms with Gasteiger partial charge in [-0.3, -0.25) is 19.2 Å². The highest BCUT2D eigenvalue weighted by molar-refractivity contribution is 6.36. The van der Waals surface area contributed by atoms with Crippen LogP contribution in [0.1, 0.15) is 82.9 Å². The maximum atomic E-state index is 13.7. The van der Waals surface area contributed by atoms with Crippen molar-refractivity contribution in [3.05, 3.63) is 123 Å². The molecule has 1 aromatic heterocycles. The van der Waals surface area contributed by atoms with Crippen LogP contribution in [0.15, 0.2) is 78.9 Å². The maximum absolute atomic E-state index is 13.7. The van der Waals surface area contributed by atoms with Gasteiger partial charge in [0, 0.05) is 6.07 Å². The van der Waals surface area contributed by atoms with Crippen molar-refractivity contribution in [3.8, 4) is 22.3 Å². The molecule has 0 saturated carbocycles. The van der Waals surface area contributed by atoms with E-state index in [0.29, 0.717) is 22.3 Å². The summed E-state index contributed by atoms with van der Waals surface area (Å²) in [6.07, 6.45) is 0. The number of nitrogens with two attached hydrogens (primary N) is 1. The molecule has 4 aliphatic rings. The molecule has 4 aliphatic heterocycles. The molecule has 5 aromatic rings. The molecule has 0 aliphatic carbocycles. The number of carbonyl (C=O) groups is 8. The molecule has 4 amide bonds. The molecule has 51 heavy (non-hydrogen) atoms. The molecule has 244 valence electrons. The number of imide groups is 2. The van der Waals surface area contributed by atoms with Gasteiger partial charge in [-0.2, -0.15) is 9.97 Å². The summed E-state index contributed by atoms with van der Waals surface area (Å²) in [7, 11) is 0. The highest BCUT2D eigenvalue weighted by Crippen LogP contribution is 2.38. The number of fused-ring (bicyclic) bond motifs is 4. The van der Waals surface area contributed by atoms with Crippen molar-refractivity contribution in [3.63, 3.8) is 0 Å². The van der Waals surface area contributed by atoms with Crippen LogP contribution in [-0.4, -0.2) is 57.5 Å². The number of hydrogen-bond acceptors (Lipinski definition) is 13. The minimum absolute atomic E-state index is 0.0000446. The van der Waals surface area contributed by atoms with Crippen molar-refractivity contribution in [1.82, 2.24) is 9.97 Å². The van der Waals surface area contributed by atoms with E-state index in [0.717, 1.165) is 15.9 Å². The molecule has 0 bridgehead atoms. The van der Waals surface area contributed by atoms with Gasteiger partial charge >= 0.3 is 23.9 Å². The molecule has 4 aromatic carbocycles. The number of nitrogens with zero attached hydrogens (tertiary/aromatic N) is 4. The van der Waals surface area contributed by atoms with Gasteiger partial charge in [0.2, 0.25) is 5.95 Å². The zero-order valence-corrected chi connectivity index (χ0v) is 25.5. The van der Waals surface area contributed by atoms with E-state index in [4.69, 9.17) is 15.2 Å². The Labute approximate surface area is 283 Å². The van der Waals surface area contributed by atoms with Crippen molar-refractivity contribution in [2.24, 2.45) is 0 Å². The molecule has 15 nitrogen and oxygen atoms in total. The second-order valence-electron chi connectivity index (χ2n) is 11.7. The Bertz CT molecular complexity index is 2450. The van der Waals surface area contributed by atoms with Gasteiger partial charge in [-0.05, 0) is 58.7 Å². The molecule has 0 saturated heterocycles. The Morgan fingerprint density at radius 1 is 0.431 bits per heavy atom. The lowest BCUT2D eigenvalue weighted by molar-refractivity contribution is 0.0426. The summed E-state index contributed by atoms with van der Waals surface area (Å²) in [6, 6.07) is 18.8. The van der Waals surface area contributed by atoms with E-state index < -0.39 is 53.5 Å². The van der Waals surface area contributed by atoms with Gasteiger partial charge in [-0.25, -0.2) is 29.0 Å². The summed E-state index contributed by atoms with van der Waals surface area (Å²) < 4.78 is 9.47. The lowest BCUT2D eigenvalue weighted by Crippen LogP contribution is -2.33. The Morgan fingerprint density at radius 3 is 1.25 bits per heavy atom. The highest BCUT2D eigenvalue weighted by atomic mass is 16.6. The predicted octanol–water partition coefficient (Wildman–Crippen LogP) is 3.62. The largest absolute Gasteiger partial charge is 0.386 e. The summed E-state index contributed by atoms with van der Waals surface area (Å²) in [4.78, 5) is 113. The van der Waals surface area contributed by atoms with E-state index in [1.165, 1.54) is 48.5 Å². The third-order valence-corrected chi connectivity index (χ3v) is 8.92. The number of carbonyl (C=O) groups excluding carboxylic acids is 8. The topological polar surface area (TPSA) is 213 Å². The molecule has 0 unspecified atom stereocenters. The maximum Gasteiger partial charge on any atom is 0.347 e. The first-order valence-corrected chi connectivity index (χ1v) is 15.0. The molecule has 5 heterocycles. The van der Waals surface area contributed by atoms with Crippen molar-refractivity contribution in [2.45, 2.75) is 0 Å². The fourth-order valence-electron chi connectivity index (χ4n) is 6.65. The normalized spacial score (nSPS) is 15.7. The van der Waals surface area contributed by atoms with E-state index in [1.807, 2.05) is 0 Å². The van der Waals surface area contributed by atoms with Crippen LogP contribution in [0, 0.1) is 0 Å². The zero-order valence-electron chi connectivity index (χ0n) is 25.5. The summed E-state index contributed by atoms with van der Waals surface area (Å²) in [5.41, 5.74) is 7.44. The van der Waals surface area contributed by atoms with Gasteiger partial charge < -0.3 is 15.2 Å². The number of nitrogen functional groups attached to an aromatic ring is 1. The number of ether oxygens (including phenoxy) is 2. The number of rotatable bonds is 4. The molecule has 0 fully saturated rings. The average Bonchev–Trinajstić information content (AvgIpc) is 3.76. The fourth-order valence-corrected chi connectivity index (χ4v) is 6.65. The van der Waals surface area contributed by atoms with Gasteiger partial charge in [0.25, 0.3) is 23.6 Å². The summed E-state index contributed by atoms with van der Waals surface area (Å²) in [6.45, 7) is 0. The number of benzene rings is 4. The summed E-state index contributed by atoms with van der Waals surface area (Å²) >= 11 is 0.